The van der Waals surface area contributed by atoms with E-state index in [2.05, 4.69) is 4.98 Å². The van der Waals surface area contributed by atoms with E-state index in [0.29, 0.717) is 16.3 Å². The Labute approximate surface area is 159 Å². The Morgan fingerprint density at radius 2 is 1.92 bits per heavy atom. The first-order valence-electron chi connectivity index (χ1n) is 7.77. The lowest BCUT2D eigenvalue weighted by molar-refractivity contribution is -0.154. The minimum atomic E-state index is -1.12. The number of halogens is 1. The maximum Gasteiger partial charge on any atom is 0.313 e. The van der Waals surface area contributed by atoms with Gasteiger partial charge in [0.2, 0.25) is 6.10 Å². The van der Waals surface area contributed by atoms with Crippen LogP contribution in [-0.4, -0.2) is 16.9 Å². The summed E-state index contributed by atoms with van der Waals surface area (Å²) < 4.78 is 5.27. The molecule has 0 saturated carbocycles. The van der Waals surface area contributed by atoms with Gasteiger partial charge in [-0.2, -0.15) is 0 Å². The van der Waals surface area contributed by atoms with Crippen LogP contribution in [0.4, 0.5) is 0 Å². The van der Waals surface area contributed by atoms with Gasteiger partial charge in [0.15, 0.2) is 0 Å². The predicted molar refractivity (Wildman–Crippen MR) is 101 cm³/mol. The fraction of sp³-hybridized carbons (Fsp3) is 0.105. The zero-order chi connectivity index (χ0) is 18.5. The average Bonchev–Trinajstić information content (AvgIpc) is 3.08. The molecule has 1 heterocycles. The van der Waals surface area contributed by atoms with Crippen molar-refractivity contribution in [3.8, 4) is 10.6 Å². The minimum absolute atomic E-state index is 0.0479. The molecule has 0 bridgehead atoms. The quantitative estimate of drug-likeness (QED) is 0.653. The molecule has 0 fully saturated rings. The van der Waals surface area contributed by atoms with Gasteiger partial charge < -0.3 is 10.5 Å². The summed E-state index contributed by atoms with van der Waals surface area (Å²) in [6.45, 7) is 0. The first kappa shape index (κ1) is 18.1. The number of esters is 1. The number of hydrogen-bond acceptors (Lipinski definition) is 5. The van der Waals surface area contributed by atoms with E-state index in [1.807, 2.05) is 12.1 Å². The van der Waals surface area contributed by atoms with E-state index in [0.717, 1.165) is 10.6 Å². The standard InChI is InChI=1S/C19H15ClN2O3S/c20-14-8-4-7-13(9-14)19-22-15(11-26-19)10-16(23)25-17(18(21)24)12-5-2-1-3-6-12/h1-9,11,17H,10H2,(H2,21,24). The van der Waals surface area contributed by atoms with E-state index in [4.69, 9.17) is 22.1 Å². The second kappa shape index (κ2) is 8.12. The van der Waals surface area contributed by atoms with Crippen LogP contribution in [0.1, 0.15) is 17.4 Å². The molecule has 1 atom stereocenters. The van der Waals surface area contributed by atoms with E-state index >= 15 is 0 Å². The highest BCUT2D eigenvalue weighted by Crippen LogP contribution is 2.26. The molecule has 1 amide bonds. The number of rotatable bonds is 6. The third-order valence-electron chi connectivity index (χ3n) is 3.56. The van der Waals surface area contributed by atoms with Crippen LogP contribution in [0.15, 0.2) is 60.0 Å². The maximum absolute atomic E-state index is 12.2. The summed E-state index contributed by atoms with van der Waals surface area (Å²) in [5.74, 6) is -1.29. The highest BCUT2D eigenvalue weighted by atomic mass is 35.5. The van der Waals surface area contributed by atoms with E-state index in [1.54, 1.807) is 47.8 Å². The van der Waals surface area contributed by atoms with Crippen LogP contribution >= 0.6 is 22.9 Å². The molecule has 5 nitrogen and oxygen atoms in total. The zero-order valence-electron chi connectivity index (χ0n) is 13.6. The van der Waals surface area contributed by atoms with E-state index < -0.39 is 18.0 Å². The summed E-state index contributed by atoms with van der Waals surface area (Å²) in [6, 6.07) is 16.0. The summed E-state index contributed by atoms with van der Waals surface area (Å²) in [6.07, 6.45) is -1.16. The molecule has 2 N–H and O–H groups in total. The molecule has 0 saturated heterocycles. The first-order valence-corrected chi connectivity index (χ1v) is 9.03. The van der Waals surface area contributed by atoms with Crippen molar-refractivity contribution in [3.05, 3.63) is 76.3 Å². The van der Waals surface area contributed by atoms with Gasteiger partial charge in [-0.05, 0) is 12.1 Å². The van der Waals surface area contributed by atoms with Crippen LogP contribution in [0.25, 0.3) is 10.6 Å². The van der Waals surface area contributed by atoms with Gasteiger partial charge >= 0.3 is 5.97 Å². The number of benzene rings is 2. The number of carbonyl (C=O) groups excluding carboxylic acids is 2. The lowest BCUT2D eigenvalue weighted by atomic mass is 10.1. The molecule has 7 heteroatoms. The van der Waals surface area contributed by atoms with E-state index in [-0.39, 0.29) is 6.42 Å². The van der Waals surface area contributed by atoms with Crippen molar-refractivity contribution < 1.29 is 14.3 Å². The SMILES string of the molecule is NC(=O)C(OC(=O)Cc1csc(-c2cccc(Cl)c2)n1)c1ccccc1. The van der Waals surface area contributed by atoms with E-state index in [1.165, 1.54) is 11.3 Å². The van der Waals surface area contributed by atoms with Crippen LogP contribution in [0.5, 0.6) is 0 Å². The van der Waals surface area contributed by atoms with Crippen LogP contribution in [0, 0.1) is 0 Å². The number of thiazole rings is 1. The fourth-order valence-corrected chi connectivity index (χ4v) is 3.39. The Morgan fingerprint density at radius 1 is 1.15 bits per heavy atom. The van der Waals surface area contributed by atoms with Crippen LogP contribution in [-0.2, 0) is 20.7 Å². The van der Waals surface area contributed by atoms with Crippen molar-refractivity contribution in [2.45, 2.75) is 12.5 Å². The molecule has 0 radical (unpaired) electrons. The second-order valence-corrected chi connectivity index (χ2v) is 6.81. The lowest BCUT2D eigenvalue weighted by Crippen LogP contribution is -2.26. The molecule has 0 aliphatic heterocycles. The largest absolute Gasteiger partial charge is 0.447 e. The number of amides is 1. The minimum Gasteiger partial charge on any atom is -0.447 e. The van der Waals surface area contributed by atoms with Crippen molar-refractivity contribution in [3.63, 3.8) is 0 Å². The fourth-order valence-electron chi connectivity index (χ4n) is 2.38. The van der Waals surface area contributed by atoms with Crippen molar-refractivity contribution in [1.82, 2.24) is 4.98 Å². The van der Waals surface area contributed by atoms with Crippen LogP contribution in [0.3, 0.4) is 0 Å². The van der Waals surface area contributed by atoms with Crippen molar-refractivity contribution >= 4 is 34.8 Å². The molecule has 0 aliphatic carbocycles. The smallest absolute Gasteiger partial charge is 0.313 e. The van der Waals surface area contributed by atoms with Gasteiger partial charge in [0.25, 0.3) is 5.91 Å². The molecule has 132 valence electrons. The maximum atomic E-state index is 12.2. The van der Waals surface area contributed by atoms with Gasteiger partial charge in [-0.25, -0.2) is 4.98 Å². The summed E-state index contributed by atoms with van der Waals surface area (Å²) in [5, 5.41) is 3.15. The Bertz CT molecular complexity index is 927. The number of carbonyl (C=O) groups is 2. The number of nitrogens with two attached hydrogens (primary N) is 1. The topological polar surface area (TPSA) is 82.3 Å². The molecule has 1 unspecified atom stereocenters. The number of aromatic nitrogens is 1. The predicted octanol–water partition coefficient (Wildman–Crippen LogP) is 3.78. The normalized spacial score (nSPS) is 11.7. The Kier molecular flexibility index (Phi) is 5.65. The Morgan fingerprint density at radius 3 is 2.62 bits per heavy atom. The molecule has 3 aromatic rings. The van der Waals surface area contributed by atoms with Crippen molar-refractivity contribution in [2.24, 2.45) is 5.73 Å². The number of nitrogens with zero attached hydrogens (tertiary/aromatic N) is 1. The molecule has 3 rings (SSSR count). The molecular weight excluding hydrogens is 372 g/mol. The molecule has 26 heavy (non-hydrogen) atoms. The third-order valence-corrected chi connectivity index (χ3v) is 4.73. The van der Waals surface area contributed by atoms with Gasteiger partial charge in [0.1, 0.15) is 5.01 Å². The van der Waals surface area contributed by atoms with Crippen LogP contribution < -0.4 is 5.73 Å². The summed E-state index contributed by atoms with van der Waals surface area (Å²) in [4.78, 5) is 28.3. The summed E-state index contributed by atoms with van der Waals surface area (Å²) in [7, 11) is 0. The summed E-state index contributed by atoms with van der Waals surface area (Å²) in [5.41, 5.74) is 7.33. The highest BCUT2D eigenvalue weighted by Gasteiger charge is 2.23. The monoisotopic (exact) mass is 386 g/mol. The van der Waals surface area contributed by atoms with E-state index in [9.17, 15) is 9.59 Å². The molecule has 0 aliphatic rings. The van der Waals surface area contributed by atoms with Gasteiger partial charge in [0.05, 0.1) is 12.1 Å². The lowest BCUT2D eigenvalue weighted by Gasteiger charge is -2.14. The second-order valence-electron chi connectivity index (χ2n) is 5.51. The van der Waals surface area contributed by atoms with Gasteiger partial charge in [-0.3, -0.25) is 9.59 Å². The number of primary amides is 1. The molecule has 1 aromatic heterocycles. The zero-order valence-corrected chi connectivity index (χ0v) is 15.2. The first-order chi connectivity index (χ1) is 12.5. The van der Waals surface area contributed by atoms with Crippen LogP contribution in [0.2, 0.25) is 5.02 Å². The van der Waals surface area contributed by atoms with Crippen molar-refractivity contribution in [2.75, 3.05) is 0 Å². The van der Waals surface area contributed by atoms with Crippen molar-refractivity contribution in [1.29, 1.82) is 0 Å². The molecular formula is C19H15ClN2O3S. The Hall–Kier alpha value is -2.70. The van der Waals surface area contributed by atoms with Gasteiger partial charge in [0, 0.05) is 21.5 Å². The Balaban J connectivity index is 1.69. The number of ether oxygens (including phenoxy) is 1. The van der Waals surface area contributed by atoms with Gasteiger partial charge in [-0.15, -0.1) is 11.3 Å². The molecule has 0 spiro atoms. The third kappa shape index (κ3) is 4.47. The highest BCUT2D eigenvalue weighted by molar-refractivity contribution is 7.13. The number of hydrogen-bond donors (Lipinski definition) is 1. The molecule has 2 aromatic carbocycles. The summed E-state index contributed by atoms with van der Waals surface area (Å²) >= 11 is 7.40. The average molecular weight is 387 g/mol. The van der Waals surface area contributed by atoms with Gasteiger partial charge in [-0.1, -0.05) is 54.1 Å².